The average molecular weight is 402 g/mol. The molecule has 1 aliphatic rings. The SMILES string of the molecule is COc1ccc(Cl)cc1S(=O)(=O)N1CCCC(Oc2ncc(F)cn2)C1. The summed E-state index contributed by atoms with van der Waals surface area (Å²) in [5.74, 6) is -0.349. The molecule has 2 heterocycles. The number of hydrogen-bond acceptors (Lipinski definition) is 6. The molecular formula is C16H17ClFN3O4S. The molecule has 2 aromatic rings. The monoisotopic (exact) mass is 401 g/mol. The predicted molar refractivity (Wildman–Crippen MR) is 92.4 cm³/mol. The van der Waals surface area contributed by atoms with Crippen molar-refractivity contribution in [3.8, 4) is 11.8 Å². The lowest BCUT2D eigenvalue weighted by Gasteiger charge is -2.31. The van der Waals surface area contributed by atoms with E-state index >= 15 is 0 Å². The molecule has 1 unspecified atom stereocenters. The van der Waals surface area contributed by atoms with Gasteiger partial charge in [-0.25, -0.2) is 22.8 Å². The number of aromatic nitrogens is 2. The molecule has 1 atom stereocenters. The molecule has 0 aliphatic carbocycles. The summed E-state index contributed by atoms with van der Waals surface area (Å²) in [4.78, 5) is 7.49. The minimum absolute atomic E-state index is 0.00572. The first-order valence-corrected chi connectivity index (χ1v) is 9.70. The van der Waals surface area contributed by atoms with Gasteiger partial charge in [-0.2, -0.15) is 4.31 Å². The minimum Gasteiger partial charge on any atom is -0.495 e. The first-order chi connectivity index (χ1) is 12.4. The highest BCUT2D eigenvalue weighted by molar-refractivity contribution is 7.89. The second-order valence-corrected chi connectivity index (χ2v) is 8.07. The number of methoxy groups -OCH3 is 1. The summed E-state index contributed by atoms with van der Waals surface area (Å²) < 4.78 is 51.0. The summed E-state index contributed by atoms with van der Waals surface area (Å²) in [7, 11) is -2.42. The van der Waals surface area contributed by atoms with Crippen molar-refractivity contribution >= 4 is 21.6 Å². The summed E-state index contributed by atoms with van der Waals surface area (Å²) in [5.41, 5.74) is 0. The Morgan fingerprint density at radius 1 is 1.31 bits per heavy atom. The molecule has 1 fully saturated rings. The normalized spacial score (nSPS) is 18.5. The largest absolute Gasteiger partial charge is 0.495 e. The quantitative estimate of drug-likeness (QED) is 0.765. The molecule has 0 amide bonds. The standard InChI is InChI=1S/C16H17ClFN3O4S/c1-24-14-5-4-11(17)7-15(14)26(22,23)21-6-2-3-13(10-21)25-16-19-8-12(18)9-20-16/h4-5,7-9,13H,2-3,6,10H2,1H3. The summed E-state index contributed by atoms with van der Waals surface area (Å²) >= 11 is 5.96. The Morgan fingerprint density at radius 3 is 2.73 bits per heavy atom. The second-order valence-electron chi connectivity index (χ2n) is 5.72. The molecule has 1 aromatic carbocycles. The van der Waals surface area contributed by atoms with Crippen LogP contribution >= 0.6 is 11.6 Å². The van der Waals surface area contributed by atoms with E-state index in [4.69, 9.17) is 21.1 Å². The highest BCUT2D eigenvalue weighted by Crippen LogP contribution is 2.31. The Bertz CT molecular complexity index is 880. The van der Waals surface area contributed by atoms with Gasteiger partial charge in [-0.15, -0.1) is 0 Å². The number of piperidine rings is 1. The Labute approximate surface area is 155 Å². The Hall–Kier alpha value is -1.97. The average Bonchev–Trinajstić information content (AvgIpc) is 2.64. The molecule has 10 heteroatoms. The van der Waals surface area contributed by atoms with Crippen molar-refractivity contribution < 1.29 is 22.3 Å². The van der Waals surface area contributed by atoms with E-state index in [1.807, 2.05) is 0 Å². The molecule has 3 rings (SSSR count). The fourth-order valence-electron chi connectivity index (χ4n) is 2.72. The number of hydrogen-bond donors (Lipinski definition) is 0. The van der Waals surface area contributed by atoms with Gasteiger partial charge >= 0.3 is 6.01 Å². The van der Waals surface area contributed by atoms with Crippen LogP contribution in [0, 0.1) is 5.82 Å². The van der Waals surface area contributed by atoms with Gasteiger partial charge in [0.25, 0.3) is 0 Å². The van der Waals surface area contributed by atoms with Crippen LogP contribution in [0.5, 0.6) is 11.8 Å². The minimum atomic E-state index is -3.82. The van der Waals surface area contributed by atoms with Crippen molar-refractivity contribution in [3.63, 3.8) is 0 Å². The van der Waals surface area contributed by atoms with E-state index in [0.29, 0.717) is 24.4 Å². The van der Waals surface area contributed by atoms with Gasteiger partial charge in [0.05, 0.1) is 26.0 Å². The fourth-order valence-corrected chi connectivity index (χ4v) is 4.65. The van der Waals surface area contributed by atoms with Crippen LogP contribution in [0.25, 0.3) is 0 Å². The van der Waals surface area contributed by atoms with E-state index in [2.05, 4.69) is 9.97 Å². The number of benzene rings is 1. The number of halogens is 2. The number of sulfonamides is 1. The van der Waals surface area contributed by atoms with E-state index in [-0.39, 0.29) is 23.2 Å². The molecule has 0 radical (unpaired) electrons. The maximum absolute atomic E-state index is 13.0. The van der Waals surface area contributed by atoms with E-state index in [1.54, 1.807) is 6.07 Å². The van der Waals surface area contributed by atoms with Crippen molar-refractivity contribution in [2.75, 3.05) is 20.2 Å². The van der Waals surface area contributed by atoms with Crippen molar-refractivity contribution in [2.24, 2.45) is 0 Å². The molecule has 7 nitrogen and oxygen atoms in total. The topological polar surface area (TPSA) is 81.6 Å². The van der Waals surface area contributed by atoms with Gasteiger partial charge in [-0.1, -0.05) is 11.6 Å². The molecule has 1 saturated heterocycles. The molecule has 0 saturated carbocycles. The first kappa shape index (κ1) is 18.8. The second kappa shape index (κ2) is 7.73. The summed E-state index contributed by atoms with van der Waals surface area (Å²) in [5, 5.41) is 0.300. The van der Waals surface area contributed by atoms with Gasteiger partial charge in [0.2, 0.25) is 10.0 Å². The molecule has 0 N–H and O–H groups in total. The first-order valence-electron chi connectivity index (χ1n) is 7.88. The third-order valence-corrected chi connectivity index (χ3v) is 6.07. The molecule has 26 heavy (non-hydrogen) atoms. The van der Waals surface area contributed by atoms with E-state index < -0.39 is 21.9 Å². The zero-order valence-corrected chi connectivity index (χ0v) is 15.5. The predicted octanol–water partition coefficient (Wildman–Crippen LogP) is 2.51. The van der Waals surface area contributed by atoms with Gasteiger partial charge < -0.3 is 9.47 Å². The van der Waals surface area contributed by atoms with Gasteiger partial charge in [0.15, 0.2) is 5.82 Å². The van der Waals surface area contributed by atoms with Gasteiger partial charge in [-0.05, 0) is 31.0 Å². The molecule has 1 aliphatic heterocycles. The van der Waals surface area contributed by atoms with Crippen LogP contribution in [0.3, 0.4) is 0 Å². The molecule has 0 spiro atoms. The number of ether oxygens (including phenoxy) is 2. The van der Waals surface area contributed by atoms with Crippen LogP contribution in [0.1, 0.15) is 12.8 Å². The smallest absolute Gasteiger partial charge is 0.316 e. The van der Waals surface area contributed by atoms with Gasteiger partial charge in [0.1, 0.15) is 16.7 Å². The summed E-state index contributed by atoms with van der Waals surface area (Å²) in [6.07, 6.45) is 2.80. The van der Waals surface area contributed by atoms with Crippen LogP contribution in [-0.2, 0) is 10.0 Å². The third-order valence-electron chi connectivity index (χ3n) is 3.95. The molecule has 0 bridgehead atoms. The Kier molecular flexibility index (Phi) is 5.59. The highest BCUT2D eigenvalue weighted by atomic mass is 35.5. The lowest BCUT2D eigenvalue weighted by molar-refractivity contribution is 0.118. The number of nitrogens with zero attached hydrogens (tertiary/aromatic N) is 3. The number of rotatable bonds is 5. The fraction of sp³-hybridized carbons (Fsp3) is 0.375. The van der Waals surface area contributed by atoms with Gasteiger partial charge in [0, 0.05) is 11.6 Å². The maximum atomic E-state index is 13.0. The maximum Gasteiger partial charge on any atom is 0.316 e. The highest BCUT2D eigenvalue weighted by Gasteiger charge is 2.33. The molecule has 140 valence electrons. The molecular weight excluding hydrogens is 385 g/mol. The van der Waals surface area contributed by atoms with Crippen molar-refractivity contribution in [1.29, 1.82) is 0 Å². The third kappa shape index (κ3) is 4.05. The van der Waals surface area contributed by atoms with Crippen LogP contribution in [0.4, 0.5) is 4.39 Å². The summed E-state index contributed by atoms with van der Waals surface area (Å²) in [6.45, 7) is 0.473. The van der Waals surface area contributed by atoms with Gasteiger partial charge in [-0.3, -0.25) is 0 Å². The lowest BCUT2D eigenvalue weighted by Crippen LogP contribution is -2.44. The van der Waals surface area contributed by atoms with E-state index in [0.717, 1.165) is 12.4 Å². The Balaban J connectivity index is 1.80. The summed E-state index contributed by atoms with van der Waals surface area (Å²) in [6, 6.07) is 4.45. The van der Waals surface area contributed by atoms with E-state index in [1.165, 1.54) is 23.5 Å². The zero-order chi connectivity index (χ0) is 18.7. The lowest BCUT2D eigenvalue weighted by atomic mass is 10.1. The Morgan fingerprint density at radius 2 is 2.04 bits per heavy atom. The van der Waals surface area contributed by atoms with Crippen LogP contribution in [-0.4, -0.2) is 49.0 Å². The molecule has 1 aromatic heterocycles. The van der Waals surface area contributed by atoms with Crippen LogP contribution in [0.15, 0.2) is 35.5 Å². The van der Waals surface area contributed by atoms with Crippen molar-refractivity contribution in [3.05, 3.63) is 41.4 Å². The zero-order valence-electron chi connectivity index (χ0n) is 13.9. The van der Waals surface area contributed by atoms with Crippen molar-refractivity contribution in [1.82, 2.24) is 14.3 Å². The van der Waals surface area contributed by atoms with Crippen LogP contribution in [0.2, 0.25) is 5.02 Å². The van der Waals surface area contributed by atoms with Crippen molar-refractivity contribution in [2.45, 2.75) is 23.8 Å². The van der Waals surface area contributed by atoms with E-state index in [9.17, 15) is 12.8 Å². The van der Waals surface area contributed by atoms with Crippen LogP contribution < -0.4 is 9.47 Å².